The normalized spacial score (nSPS) is 14.7. The van der Waals surface area contributed by atoms with Crippen molar-refractivity contribution in [3.8, 4) is 0 Å². The second-order valence-corrected chi connectivity index (χ2v) is 8.63. The molecule has 1 aliphatic rings. The molecular formula is C23H23N3O4S. The van der Waals surface area contributed by atoms with Gasteiger partial charge in [-0.2, -0.15) is 0 Å². The Morgan fingerprint density at radius 3 is 2.65 bits per heavy atom. The van der Waals surface area contributed by atoms with Crippen LogP contribution in [0.25, 0.3) is 21.9 Å². The van der Waals surface area contributed by atoms with Gasteiger partial charge < -0.3 is 10.0 Å². The van der Waals surface area contributed by atoms with E-state index in [9.17, 15) is 20.0 Å². The molecule has 160 valence electrons. The van der Waals surface area contributed by atoms with E-state index in [0.29, 0.717) is 17.7 Å². The fourth-order valence-corrected chi connectivity index (χ4v) is 4.88. The number of fused-ring (bicyclic) bond motifs is 1. The van der Waals surface area contributed by atoms with Gasteiger partial charge in [-0.25, -0.2) is 4.98 Å². The van der Waals surface area contributed by atoms with E-state index in [-0.39, 0.29) is 17.0 Å². The third-order valence-corrected chi connectivity index (χ3v) is 6.52. The van der Waals surface area contributed by atoms with Gasteiger partial charge in [-0.1, -0.05) is 18.2 Å². The number of para-hydroxylation sites is 1. The number of carboxylic acids is 1. The van der Waals surface area contributed by atoms with Gasteiger partial charge in [-0.05, 0) is 61.1 Å². The standard InChI is InChI=1S/C23H23N3O4S/c27-22(28)11-9-17(23-24-18-6-2-3-7-21(18)31-23)14-16-8-10-19(20(15-16)26(29)30)25-12-4-1-5-13-25/h2-3,6-8,10,14-15H,1,4-5,9,11-13H2,(H,27,28). The van der Waals surface area contributed by atoms with Crippen LogP contribution in [0.4, 0.5) is 11.4 Å². The highest BCUT2D eigenvalue weighted by atomic mass is 32.1. The maximum absolute atomic E-state index is 11.8. The highest BCUT2D eigenvalue weighted by Crippen LogP contribution is 2.34. The Labute approximate surface area is 183 Å². The fourth-order valence-electron chi connectivity index (χ4n) is 3.87. The molecule has 1 saturated heterocycles. The predicted octanol–water partition coefficient (Wildman–Crippen LogP) is 5.60. The Bertz CT molecular complexity index is 1120. The average molecular weight is 438 g/mol. The summed E-state index contributed by atoms with van der Waals surface area (Å²) in [6.07, 6.45) is 5.33. The van der Waals surface area contributed by atoms with Crippen LogP contribution in [-0.4, -0.2) is 34.1 Å². The zero-order valence-electron chi connectivity index (χ0n) is 17.0. The molecule has 0 amide bonds. The van der Waals surface area contributed by atoms with Crippen LogP contribution in [0.1, 0.15) is 42.7 Å². The van der Waals surface area contributed by atoms with E-state index in [1.54, 1.807) is 6.07 Å². The fraction of sp³-hybridized carbons (Fsp3) is 0.304. The minimum atomic E-state index is -0.890. The van der Waals surface area contributed by atoms with Crippen molar-refractivity contribution in [2.45, 2.75) is 32.1 Å². The minimum absolute atomic E-state index is 0.0320. The second kappa shape index (κ2) is 9.26. The largest absolute Gasteiger partial charge is 0.481 e. The van der Waals surface area contributed by atoms with Gasteiger partial charge in [0, 0.05) is 25.6 Å². The molecule has 31 heavy (non-hydrogen) atoms. The van der Waals surface area contributed by atoms with Crippen LogP contribution in [0.15, 0.2) is 42.5 Å². The van der Waals surface area contributed by atoms with Crippen LogP contribution in [0, 0.1) is 10.1 Å². The van der Waals surface area contributed by atoms with Crippen molar-refractivity contribution in [2.24, 2.45) is 0 Å². The van der Waals surface area contributed by atoms with Gasteiger partial charge in [0.15, 0.2) is 0 Å². The van der Waals surface area contributed by atoms with Crippen molar-refractivity contribution in [1.29, 1.82) is 0 Å². The number of anilines is 1. The Balaban J connectivity index is 1.72. The summed E-state index contributed by atoms with van der Waals surface area (Å²) in [4.78, 5) is 29.3. The average Bonchev–Trinajstić information content (AvgIpc) is 3.21. The first-order chi connectivity index (χ1) is 15.0. The SMILES string of the molecule is O=C(O)CCC(=Cc1ccc(N2CCCCC2)c([N+](=O)[O-])c1)c1nc2ccccc2s1. The molecule has 1 N–H and O–H groups in total. The van der Waals surface area contributed by atoms with Crippen LogP contribution in [0.2, 0.25) is 0 Å². The number of rotatable bonds is 7. The summed E-state index contributed by atoms with van der Waals surface area (Å²) < 4.78 is 1.02. The summed E-state index contributed by atoms with van der Waals surface area (Å²) in [6.45, 7) is 1.65. The van der Waals surface area contributed by atoms with Gasteiger partial charge in [-0.15, -0.1) is 11.3 Å². The number of piperidine rings is 1. The number of allylic oxidation sites excluding steroid dienone is 1. The van der Waals surface area contributed by atoms with Gasteiger partial charge in [0.05, 0.1) is 15.1 Å². The zero-order valence-corrected chi connectivity index (χ0v) is 17.8. The monoisotopic (exact) mass is 437 g/mol. The maximum Gasteiger partial charge on any atom is 0.303 e. The Hall–Kier alpha value is -3.26. The van der Waals surface area contributed by atoms with Gasteiger partial charge in [-0.3, -0.25) is 14.9 Å². The summed E-state index contributed by atoms with van der Waals surface area (Å²) in [5, 5.41) is 21.7. The molecule has 7 nitrogen and oxygen atoms in total. The van der Waals surface area contributed by atoms with E-state index in [1.807, 2.05) is 42.5 Å². The van der Waals surface area contributed by atoms with E-state index < -0.39 is 5.97 Å². The van der Waals surface area contributed by atoms with Crippen LogP contribution >= 0.6 is 11.3 Å². The summed E-state index contributed by atoms with van der Waals surface area (Å²) in [5.41, 5.74) is 3.03. The molecule has 1 aliphatic heterocycles. The number of nitro groups is 1. The number of carboxylic acid groups (broad SMARTS) is 1. The summed E-state index contributed by atoms with van der Waals surface area (Å²) in [7, 11) is 0. The van der Waals surface area contributed by atoms with Crippen LogP contribution in [0.5, 0.6) is 0 Å². The molecule has 0 radical (unpaired) electrons. The van der Waals surface area contributed by atoms with Crippen molar-refractivity contribution < 1.29 is 14.8 Å². The van der Waals surface area contributed by atoms with Crippen LogP contribution < -0.4 is 4.90 Å². The smallest absolute Gasteiger partial charge is 0.303 e. The molecule has 8 heteroatoms. The molecule has 0 unspecified atom stereocenters. The van der Waals surface area contributed by atoms with E-state index in [2.05, 4.69) is 9.88 Å². The van der Waals surface area contributed by atoms with Crippen LogP contribution in [-0.2, 0) is 4.79 Å². The number of carbonyl (C=O) groups is 1. The van der Waals surface area contributed by atoms with E-state index >= 15 is 0 Å². The molecule has 1 fully saturated rings. The molecule has 0 atom stereocenters. The summed E-state index contributed by atoms with van der Waals surface area (Å²) in [6, 6.07) is 13.0. The Morgan fingerprint density at radius 1 is 1.16 bits per heavy atom. The lowest BCUT2D eigenvalue weighted by Crippen LogP contribution is -2.29. The number of aromatic nitrogens is 1. The molecule has 1 aromatic heterocycles. The van der Waals surface area contributed by atoms with E-state index in [1.165, 1.54) is 11.3 Å². The number of benzene rings is 2. The highest BCUT2D eigenvalue weighted by Gasteiger charge is 2.21. The first-order valence-corrected chi connectivity index (χ1v) is 11.1. The number of nitrogens with zero attached hydrogens (tertiary/aromatic N) is 3. The van der Waals surface area contributed by atoms with Gasteiger partial charge in [0.2, 0.25) is 0 Å². The molecule has 2 heterocycles. The lowest BCUT2D eigenvalue weighted by Gasteiger charge is -2.28. The quantitative estimate of drug-likeness (QED) is 0.382. The lowest BCUT2D eigenvalue weighted by molar-refractivity contribution is -0.384. The van der Waals surface area contributed by atoms with Gasteiger partial charge in [0.25, 0.3) is 5.69 Å². The van der Waals surface area contributed by atoms with Crippen LogP contribution in [0.3, 0.4) is 0 Å². The molecule has 0 saturated carbocycles. The molecule has 0 aliphatic carbocycles. The predicted molar refractivity (Wildman–Crippen MR) is 124 cm³/mol. The number of nitro benzene ring substituents is 1. The van der Waals surface area contributed by atoms with Crippen molar-refractivity contribution in [1.82, 2.24) is 4.98 Å². The minimum Gasteiger partial charge on any atom is -0.481 e. The summed E-state index contributed by atoms with van der Waals surface area (Å²) >= 11 is 1.50. The molecule has 3 aromatic rings. The molecular weight excluding hydrogens is 414 g/mol. The Kier molecular flexibility index (Phi) is 6.27. The maximum atomic E-state index is 11.8. The third kappa shape index (κ3) is 4.91. The molecule has 4 rings (SSSR count). The number of hydrogen-bond donors (Lipinski definition) is 1. The Morgan fingerprint density at radius 2 is 1.94 bits per heavy atom. The second-order valence-electron chi connectivity index (χ2n) is 7.60. The molecule has 0 spiro atoms. The first-order valence-electron chi connectivity index (χ1n) is 10.3. The number of hydrogen-bond acceptors (Lipinski definition) is 6. The molecule has 2 aromatic carbocycles. The van der Waals surface area contributed by atoms with E-state index in [0.717, 1.165) is 53.1 Å². The van der Waals surface area contributed by atoms with Crippen molar-refractivity contribution in [3.05, 3.63) is 63.1 Å². The topological polar surface area (TPSA) is 96.6 Å². The first kappa shape index (κ1) is 21.0. The molecule has 0 bridgehead atoms. The van der Waals surface area contributed by atoms with Crippen molar-refractivity contribution in [2.75, 3.05) is 18.0 Å². The van der Waals surface area contributed by atoms with E-state index in [4.69, 9.17) is 0 Å². The zero-order chi connectivity index (χ0) is 21.8. The van der Waals surface area contributed by atoms with Gasteiger partial charge >= 0.3 is 5.97 Å². The number of aliphatic carboxylic acids is 1. The summed E-state index contributed by atoms with van der Waals surface area (Å²) in [5.74, 6) is -0.890. The van der Waals surface area contributed by atoms with Crippen molar-refractivity contribution in [3.63, 3.8) is 0 Å². The highest BCUT2D eigenvalue weighted by molar-refractivity contribution is 7.19. The van der Waals surface area contributed by atoms with Crippen molar-refractivity contribution >= 4 is 50.5 Å². The lowest BCUT2D eigenvalue weighted by atomic mass is 10.0. The van der Waals surface area contributed by atoms with Gasteiger partial charge in [0.1, 0.15) is 10.7 Å². The third-order valence-electron chi connectivity index (χ3n) is 5.41. The number of thiazole rings is 1.